The molecule has 0 aromatic heterocycles. The molecule has 0 heterocycles. The van der Waals surface area contributed by atoms with Gasteiger partial charge in [0, 0.05) is 0 Å². The van der Waals surface area contributed by atoms with Crippen LogP contribution in [0.2, 0.25) is 0 Å². The Kier molecular flexibility index (Phi) is 0.381. The van der Waals surface area contributed by atoms with Gasteiger partial charge in [0.25, 0.3) is 0 Å². The van der Waals surface area contributed by atoms with Gasteiger partial charge >= 0.3 is 0 Å². The molecule has 4 atom stereocenters. The number of rotatable bonds is 1. The minimum absolute atomic E-state index is 0.963. The van der Waals surface area contributed by atoms with E-state index in [9.17, 15) is 0 Å². The summed E-state index contributed by atoms with van der Waals surface area (Å²) in [4.78, 5) is 0. The van der Waals surface area contributed by atoms with Crippen LogP contribution in [-0.4, -0.2) is 0 Å². The van der Waals surface area contributed by atoms with Gasteiger partial charge < -0.3 is 0 Å². The zero-order chi connectivity index (χ0) is 5.35. The Morgan fingerprint density at radius 1 is 1.62 bits per heavy atom. The normalized spacial score (nSPS) is 72.4. The van der Waals surface area contributed by atoms with E-state index >= 15 is 0 Å². The first kappa shape index (κ1) is 3.92. The van der Waals surface area contributed by atoms with E-state index in [1.54, 1.807) is 12.8 Å². The van der Waals surface area contributed by atoms with Crippen molar-refractivity contribution in [3.63, 3.8) is 0 Å². The van der Waals surface area contributed by atoms with Crippen LogP contribution in [0.5, 0.6) is 0 Å². The van der Waals surface area contributed by atoms with Crippen LogP contribution in [0.3, 0.4) is 0 Å². The average Bonchev–Trinajstić information content (AvgIpc) is 2.06. The van der Waals surface area contributed by atoms with E-state index in [1.165, 1.54) is 24.2 Å². The number of hydrogen-bond donors (Lipinski definition) is 0. The Hall–Kier alpha value is 0. The Balaban J connectivity index is 1.98. The fourth-order valence-electron chi connectivity index (χ4n) is 3.54. The van der Waals surface area contributed by atoms with Crippen LogP contribution >= 0.6 is 0 Å². The molecule has 0 radical (unpaired) electrons. The highest BCUT2D eigenvalue weighted by molar-refractivity contribution is 5.29. The van der Waals surface area contributed by atoms with Crippen LogP contribution in [0, 0.1) is 23.2 Å². The van der Waals surface area contributed by atoms with Crippen molar-refractivity contribution >= 4 is 0 Å². The summed E-state index contributed by atoms with van der Waals surface area (Å²) in [5.74, 6) is 3.71. The van der Waals surface area contributed by atoms with Gasteiger partial charge in [-0.15, -0.1) is 0 Å². The molecule has 4 unspecified atom stereocenters. The first-order valence-electron chi connectivity index (χ1n) is 3.88. The summed E-state index contributed by atoms with van der Waals surface area (Å²) in [6, 6.07) is 0. The third-order valence-corrected chi connectivity index (χ3v) is 4.09. The molecule has 0 N–H and O–H groups in total. The van der Waals surface area contributed by atoms with Crippen molar-refractivity contribution in [2.75, 3.05) is 0 Å². The van der Waals surface area contributed by atoms with Crippen LogP contribution in [0.4, 0.5) is 0 Å². The van der Waals surface area contributed by atoms with Crippen molar-refractivity contribution in [3.8, 4) is 0 Å². The summed E-state index contributed by atoms with van der Waals surface area (Å²) >= 11 is 0. The van der Waals surface area contributed by atoms with E-state index in [4.69, 9.17) is 0 Å². The third-order valence-electron chi connectivity index (χ3n) is 4.09. The molecule has 0 aromatic rings. The fourth-order valence-corrected chi connectivity index (χ4v) is 3.54. The van der Waals surface area contributed by atoms with E-state index in [0.29, 0.717) is 0 Å². The van der Waals surface area contributed by atoms with Gasteiger partial charge in [0.1, 0.15) is 0 Å². The second kappa shape index (κ2) is 0.778. The van der Waals surface area contributed by atoms with Gasteiger partial charge in [0.15, 0.2) is 0 Å². The van der Waals surface area contributed by atoms with Crippen LogP contribution in [0.25, 0.3) is 0 Å². The van der Waals surface area contributed by atoms with Crippen molar-refractivity contribution in [2.45, 2.75) is 26.2 Å². The summed E-state index contributed by atoms with van der Waals surface area (Å²) < 4.78 is 0. The molecule has 0 saturated heterocycles. The summed E-state index contributed by atoms with van der Waals surface area (Å²) in [5.41, 5.74) is 0.963. The molecule has 8 heavy (non-hydrogen) atoms. The Morgan fingerprint density at radius 2 is 2.50 bits per heavy atom. The molecule has 0 heteroatoms. The van der Waals surface area contributed by atoms with Crippen LogP contribution in [-0.2, 0) is 0 Å². The molecular formula is C8H12. The highest BCUT2D eigenvalue weighted by Crippen LogP contribution is 2.87. The van der Waals surface area contributed by atoms with E-state index < -0.39 is 0 Å². The van der Waals surface area contributed by atoms with Crippen molar-refractivity contribution in [3.05, 3.63) is 0 Å². The van der Waals surface area contributed by atoms with Crippen molar-refractivity contribution in [1.82, 2.24) is 0 Å². The molecule has 0 bridgehead atoms. The van der Waals surface area contributed by atoms with Gasteiger partial charge in [0.2, 0.25) is 0 Å². The van der Waals surface area contributed by atoms with Crippen molar-refractivity contribution in [2.24, 2.45) is 23.2 Å². The molecule has 0 aliphatic heterocycles. The molecular weight excluding hydrogens is 96.1 g/mol. The zero-order valence-electron chi connectivity index (χ0n) is 5.35. The molecule has 3 aliphatic carbocycles. The van der Waals surface area contributed by atoms with Crippen molar-refractivity contribution in [1.29, 1.82) is 0 Å². The lowest BCUT2D eigenvalue weighted by molar-refractivity contribution is 0.171. The first-order valence-corrected chi connectivity index (χ1v) is 3.88. The summed E-state index contributed by atoms with van der Waals surface area (Å²) in [5, 5.41) is 0. The topological polar surface area (TPSA) is 0 Å². The summed E-state index contributed by atoms with van der Waals surface area (Å²) in [6.07, 6.45) is 4.70. The number of hydrogen-bond acceptors (Lipinski definition) is 0. The Morgan fingerprint density at radius 3 is 2.62 bits per heavy atom. The van der Waals surface area contributed by atoms with Gasteiger partial charge in [-0.25, -0.2) is 0 Å². The fraction of sp³-hybridized carbons (Fsp3) is 1.00. The zero-order valence-corrected chi connectivity index (χ0v) is 5.35. The monoisotopic (exact) mass is 108 g/mol. The van der Waals surface area contributed by atoms with Crippen LogP contribution in [0.15, 0.2) is 0 Å². The molecule has 3 fully saturated rings. The lowest BCUT2D eigenvalue weighted by atomic mass is 9.73. The minimum Gasteiger partial charge on any atom is -0.0648 e. The van der Waals surface area contributed by atoms with E-state index in [-0.39, 0.29) is 0 Å². The summed E-state index contributed by atoms with van der Waals surface area (Å²) in [7, 11) is 0. The minimum atomic E-state index is 0.963. The Labute approximate surface area is 50.3 Å². The lowest BCUT2D eigenvalue weighted by Crippen LogP contribution is -2.24. The highest BCUT2D eigenvalue weighted by atomic mass is 14.8. The molecule has 0 nitrogen and oxygen atoms in total. The van der Waals surface area contributed by atoms with Crippen LogP contribution in [0.1, 0.15) is 26.2 Å². The molecule has 44 valence electrons. The second-order valence-electron chi connectivity index (χ2n) is 3.92. The lowest BCUT2D eigenvalue weighted by Gasteiger charge is -2.32. The van der Waals surface area contributed by atoms with Crippen molar-refractivity contribution < 1.29 is 0 Å². The maximum atomic E-state index is 2.37. The summed E-state index contributed by atoms with van der Waals surface area (Å²) in [6.45, 7) is 2.37. The van der Waals surface area contributed by atoms with Gasteiger partial charge in [-0.2, -0.15) is 0 Å². The first-order chi connectivity index (χ1) is 3.88. The predicted octanol–water partition coefficient (Wildman–Crippen LogP) is 2.05. The van der Waals surface area contributed by atoms with Gasteiger partial charge in [-0.1, -0.05) is 6.92 Å². The maximum absolute atomic E-state index is 2.37. The molecule has 0 spiro atoms. The predicted molar refractivity (Wildman–Crippen MR) is 32.4 cm³/mol. The quantitative estimate of drug-likeness (QED) is 0.482. The van der Waals surface area contributed by atoms with E-state index in [0.717, 1.165) is 5.41 Å². The van der Waals surface area contributed by atoms with Gasteiger partial charge in [-0.3, -0.25) is 0 Å². The Bertz CT molecular complexity index is 144. The second-order valence-corrected chi connectivity index (χ2v) is 3.92. The standard InChI is InChI=1S/C8H12/c1-2-8-4-5-3-6(8)7(5)8/h5-7H,2-4H2,1H3. The maximum Gasteiger partial charge on any atom is -0.0232 e. The smallest absolute Gasteiger partial charge is 0.0232 e. The van der Waals surface area contributed by atoms with E-state index in [1.807, 2.05) is 0 Å². The molecule has 3 rings (SSSR count). The molecule has 3 saturated carbocycles. The molecule has 3 aliphatic rings. The third kappa shape index (κ3) is 0.167. The van der Waals surface area contributed by atoms with E-state index in [2.05, 4.69) is 6.92 Å². The molecule has 0 aromatic carbocycles. The SMILES string of the molecule is CCC12CC3CC1C32. The van der Waals surface area contributed by atoms with Gasteiger partial charge in [0.05, 0.1) is 0 Å². The largest absolute Gasteiger partial charge is 0.0648 e. The highest BCUT2D eigenvalue weighted by Gasteiger charge is 2.80. The average molecular weight is 108 g/mol. The van der Waals surface area contributed by atoms with Gasteiger partial charge in [-0.05, 0) is 42.4 Å². The number of fused-ring (bicyclic) bond motifs is 1. The van der Waals surface area contributed by atoms with Crippen LogP contribution < -0.4 is 0 Å². The molecule has 0 amide bonds.